The first-order valence-corrected chi connectivity index (χ1v) is 10.5. The number of hydrogen-bond acceptors (Lipinski definition) is 4. The minimum Gasteiger partial charge on any atom is -0.353 e. The van der Waals surface area contributed by atoms with E-state index in [0.29, 0.717) is 24.2 Å². The van der Waals surface area contributed by atoms with Gasteiger partial charge >= 0.3 is 0 Å². The molecule has 1 aromatic carbocycles. The first-order chi connectivity index (χ1) is 12.9. The highest BCUT2D eigenvalue weighted by molar-refractivity contribution is 8.12. The molecule has 0 aromatic heterocycles. The van der Waals surface area contributed by atoms with E-state index in [1.165, 1.54) is 6.07 Å². The summed E-state index contributed by atoms with van der Waals surface area (Å²) in [7, 11) is 1.74. The van der Waals surface area contributed by atoms with Crippen LogP contribution in [0.5, 0.6) is 0 Å². The van der Waals surface area contributed by atoms with Crippen LogP contribution in [0.4, 0.5) is 9.18 Å². The monoisotopic (exact) mass is 395 g/mol. The Morgan fingerprint density at radius 3 is 2.74 bits per heavy atom. The van der Waals surface area contributed by atoms with Gasteiger partial charge in [0, 0.05) is 31.3 Å². The van der Waals surface area contributed by atoms with E-state index in [-0.39, 0.29) is 29.0 Å². The Hall–Kier alpha value is -1.60. The fraction of sp³-hybridized carbons (Fsp3) is 0.600. The zero-order valence-corrected chi connectivity index (χ0v) is 17.2. The van der Waals surface area contributed by atoms with Gasteiger partial charge in [0.05, 0.1) is 0 Å². The van der Waals surface area contributed by atoms with Crippen molar-refractivity contribution in [3.05, 3.63) is 35.1 Å². The number of benzene rings is 1. The molecule has 0 radical (unpaired) electrons. The molecule has 0 saturated carbocycles. The molecule has 1 aromatic rings. The van der Waals surface area contributed by atoms with Gasteiger partial charge in [-0.1, -0.05) is 30.8 Å². The molecule has 1 aliphatic heterocycles. The van der Waals surface area contributed by atoms with Crippen molar-refractivity contribution in [3.8, 4) is 0 Å². The van der Waals surface area contributed by atoms with Crippen molar-refractivity contribution in [1.29, 1.82) is 0 Å². The summed E-state index contributed by atoms with van der Waals surface area (Å²) in [4.78, 5) is 26.5. The van der Waals surface area contributed by atoms with E-state index in [4.69, 9.17) is 0 Å². The van der Waals surface area contributed by atoms with Gasteiger partial charge in [-0.2, -0.15) is 0 Å². The number of amides is 2. The third-order valence-electron chi connectivity index (χ3n) is 5.16. The van der Waals surface area contributed by atoms with E-state index >= 15 is 0 Å². The zero-order chi connectivity index (χ0) is 19.8. The molecule has 1 atom stereocenters. The summed E-state index contributed by atoms with van der Waals surface area (Å²) in [6.07, 6.45) is 2.91. The number of halogens is 1. The second-order valence-electron chi connectivity index (χ2n) is 7.05. The maximum Gasteiger partial charge on any atom is 0.281 e. The molecule has 0 spiro atoms. The summed E-state index contributed by atoms with van der Waals surface area (Å²) in [5.41, 5.74) is 1.40. The normalized spacial score (nSPS) is 16.0. The Morgan fingerprint density at radius 1 is 1.37 bits per heavy atom. The van der Waals surface area contributed by atoms with Crippen molar-refractivity contribution in [1.82, 2.24) is 15.5 Å². The van der Waals surface area contributed by atoms with Crippen LogP contribution in [0.15, 0.2) is 18.2 Å². The second-order valence-corrected chi connectivity index (χ2v) is 7.97. The van der Waals surface area contributed by atoms with E-state index in [2.05, 4.69) is 10.6 Å². The van der Waals surface area contributed by atoms with Gasteiger partial charge in [-0.15, -0.1) is 0 Å². The first kappa shape index (κ1) is 21.7. The Morgan fingerprint density at radius 2 is 2.07 bits per heavy atom. The van der Waals surface area contributed by atoms with Gasteiger partial charge < -0.3 is 15.5 Å². The van der Waals surface area contributed by atoms with Crippen LogP contribution in [0.25, 0.3) is 0 Å². The van der Waals surface area contributed by atoms with Crippen LogP contribution in [0.3, 0.4) is 0 Å². The zero-order valence-electron chi connectivity index (χ0n) is 16.4. The number of nitrogens with one attached hydrogen (secondary N) is 2. The van der Waals surface area contributed by atoms with Gasteiger partial charge in [0.2, 0.25) is 5.91 Å². The largest absolute Gasteiger partial charge is 0.353 e. The molecule has 2 amide bonds. The average Bonchev–Trinajstić information content (AvgIpc) is 2.67. The van der Waals surface area contributed by atoms with Crippen LogP contribution in [0.1, 0.15) is 43.7 Å². The molecule has 150 valence electrons. The van der Waals surface area contributed by atoms with Crippen molar-refractivity contribution < 1.29 is 14.0 Å². The van der Waals surface area contributed by atoms with Crippen LogP contribution in [0.2, 0.25) is 0 Å². The predicted molar refractivity (Wildman–Crippen MR) is 108 cm³/mol. The topological polar surface area (TPSA) is 61.4 Å². The fourth-order valence-electron chi connectivity index (χ4n) is 3.22. The molecular formula is C20H30FN3O2S. The third-order valence-corrected chi connectivity index (χ3v) is 6.15. The SMILES string of the molecule is CCC(CC(=O)NC1CCNCC1)N(C)C(=O)SCc1cccc(F)c1C. The molecule has 5 nitrogen and oxygen atoms in total. The number of carbonyl (C=O) groups excluding carboxylic acids is 2. The summed E-state index contributed by atoms with van der Waals surface area (Å²) in [6.45, 7) is 5.56. The molecule has 0 aliphatic carbocycles. The van der Waals surface area contributed by atoms with Crippen LogP contribution < -0.4 is 10.6 Å². The van der Waals surface area contributed by atoms with Crippen molar-refractivity contribution in [2.45, 2.75) is 57.4 Å². The lowest BCUT2D eigenvalue weighted by atomic mass is 10.1. The minimum atomic E-state index is -0.255. The van der Waals surface area contributed by atoms with Gasteiger partial charge in [0.25, 0.3) is 5.24 Å². The maximum atomic E-state index is 13.6. The Kier molecular flexibility index (Phi) is 8.57. The molecular weight excluding hydrogens is 365 g/mol. The predicted octanol–water partition coefficient (Wildman–Crippen LogP) is 3.46. The molecule has 2 N–H and O–H groups in total. The van der Waals surface area contributed by atoms with Crippen LogP contribution in [0, 0.1) is 12.7 Å². The summed E-state index contributed by atoms with van der Waals surface area (Å²) < 4.78 is 13.6. The van der Waals surface area contributed by atoms with Gasteiger partial charge in [0.15, 0.2) is 0 Å². The summed E-state index contributed by atoms with van der Waals surface area (Å²) >= 11 is 1.15. The number of rotatable bonds is 7. The Bertz CT molecular complexity index is 650. The summed E-state index contributed by atoms with van der Waals surface area (Å²) in [5.74, 6) is 0.166. The lowest BCUT2D eigenvalue weighted by Crippen LogP contribution is -2.45. The quantitative estimate of drug-likeness (QED) is 0.742. The molecule has 27 heavy (non-hydrogen) atoms. The van der Waals surface area contributed by atoms with Crippen molar-refractivity contribution in [3.63, 3.8) is 0 Å². The molecule has 1 saturated heterocycles. The second kappa shape index (κ2) is 10.7. The molecule has 7 heteroatoms. The molecule has 1 unspecified atom stereocenters. The van der Waals surface area contributed by atoms with Crippen molar-refractivity contribution in [2.24, 2.45) is 0 Å². The van der Waals surface area contributed by atoms with E-state index < -0.39 is 0 Å². The number of thioether (sulfide) groups is 1. The highest BCUT2D eigenvalue weighted by Gasteiger charge is 2.23. The Labute approximate surface area is 165 Å². The summed E-state index contributed by atoms with van der Waals surface area (Å²) in [5, 5.41) is 6.26. The number of nitrogens with zero attached hydrogens (tertiary/aromatic N) is 1. The van der Waals surface area contributed by atoms with Crippen LogP contribution in [-0.2, 0) is 10.5 Å². The van der Waals surface area contributed by atoms with Gasteiger partial charge in [-0.25, -0.2) is 4.39 Å². The van der Waals surface area contributed by atoms with Gasteiger partial charge in [-0.05, 0) is 56.5 Å². The van der Waals surface area contributed by atoms with Crippen molar-refractivity contribution in [2.75, 3.05) is 20.1 Å². The highest BCUT2D eigenvalue weighted by Crippen LogP contribution is 2.22. The molecule has 0 bridgehead atoms. The molecule has 1 fully saturated rings. The van der Waals surface area contributed by atoms with Crippen LogP contribution >= 0.6 is 11.8 Å². The summed E-state index contributed by atoms with van der Waals surface area (Å²) in [6, 6.07) is 5.00. The molecule has 1 heterocycles. The highest BCUT2D eigenvalue weighted by atomic mass is 32.2. The number of piperidine rings is 1. The minimum absolute atomic E-state index is 0.000579. The molecule has 1 aliphatic rings. The van der Waals surface area contributed by atoms with Crippen LogP contribution in [-0.4, -0.2) is 48.3 Å². The lowest BCUT2D eigenvalue weighted by molar-refractivity contribution is -0.122. The smallest absolute Gasteiger partial charge is 0.281 e. The van der Waals surface area contributed by atoms with E-state index in [9.17, 15) is 14.0 Å². The lowest BCUT2D eigenvalue weighted by Gasteiger charge is -2.28. The molecule has 2 rings (SSSR count). The van der Waals surface area contributed by atoms with E-state index in [1.807, 2.05) is 13.0 Å². The van der Waals surface area contributed by atoms with Gasteiger partial charge in [0.1, 0.15) is 5.82 Å². The van der Waals surface area contributed by atoms with Crippen molar-refractivity contribution >= 4 is 22.9 Å². The third kappa shape index (κ3) is 6.50. The average molecular weight is 396 g/mol. The van der Waals surface area contributed by atoms with Gasteiger partial charge in [-0.3, -0.25) is 9.59 Å². The fourth-order valence-corrected chi connectivity index (χ4v) is 4.17. The Balaban J connectivity index is 1.84. The van der Waals surface area contributed by atoms with E-state index in [1.54, 1.807) is 24.9 Å². The first-order valence-electron chi connectivity index (χ1n) is 9.56. The van der Waals surface area contributed by atoms with E-state index in [0.717, 1.165) is 43.3 Å². The number of hydrogen-bond donors (Lipinski definition) is 2. The maximum absolute atomic E-state index is 13.6. The standard InChI is InChI=1S/C20H30FN3O2S/c1-4-17(12-19(25)23-16-8-10-22-11-9-16)24(3)20(26)27-13-15-6-5-7-18(21)14(15)2/h5-7,16-17,22H,4,8-13H2,1-3H3,(H,23,25). The number of carbonyl (C=O) groups is 2.